The topological polar surface area (TPSA) is 198 Å². The van der Waals surface area contributed by atoms with Crippen molar-refractivity contribution in [1.82, 2.24) is 35.9 Å². The summed E-state index contributed by atoms with van der Waals surface area (Å²) in [5.41, 5.74) is 2.83. The third-order valence-electron chi connectivity index (χ3n) is 13.9. The summed E-state index contributed by atoms with van der Waals surface area (Å²) < 4.78 is 1.57. The van der Waals surface area contributed by atoms with Crippen LogP contribution in [0.1, 0.15) is 121 Å². The molecule has 1 aromatic heterocycles. The average molecular weight is 753 g/mol. The van der Waals surface area contributed by atoms with E-state index in [0.717, 1.165) is 38.5 Å². The molecule has 300 valence electrons. The summed E-state index contributed by atoms with van der Waals surface area (Å²) in [4.78, 5) is 82.9. The van der Waals surface area contributed by atoms with Gasteiger partial charge in [-0.25, -0.2) is 4.79 Å². The van der Waals surface area contributed by atoms with Gasteiger partial charge in [0.25, 0.3) is 5.91 Å². The number of fused-ring (bicyclic) bond motifs is 1. The summed E-state index contributed by atoms with van der Waals surface area (Å²) in [5.74, 6) is -2.83. The van der Waals surface area contributed by atoms with Crippen LogP contribution in [0.3, 0.4) is 0 Å². The van der Waals surface area contributed by atoms with E-state index in [1.807, 2.05) is 41.5 Å². The molecule has 0 bridgehead atoms. The summed E-state index contributed by atoms with van der Waals surface area (Å²) in [5, 5.41) is 16.0. The third kappa shape index (κ3) is 7.25. The number of urea groups is 1. The Morgan fingerprint density at radius 3 is 2.00 bits per heavy atom. The molecular formula is C40H64N8O6. The number of nitrogens with two attached hydrogens (primary N) is 1. The molecule has 14 nitrogen and oxygen atoms in total. The number of amides is 6. The molecular weight excluding hydrogens is 688 g/mol. The van der Waals surface area contributed by atoms with Gasteiger partial charge in [0.05, 0.1) is 12.1 Å². The van der Waals surface area contributed by atoms with Gasteiger partial charge in [0.1, 0.15) is 17.6 Å². The molecule has 5 atom stereocenters. The minimum Gasteiger partial charge on any atom is -0.363 e. The fraction of sp³-hybridized carbons (Fsp3) is 0.775. The van der Waals surface area contributed by atoms with E-state index in [4.69, 9.17) is 5.73 Å². The average Bonchev–Trinajstić information content (AvgIpc) is 3.52. The van der Waals surface area contributed by atoms with Crippen LogP contribution in [0.5, 0.6) is 0 Å². The number of nitrogens with zero attached hydrogens (tertiary/aromatic N) is 3. The second-order valence-corrected chi connectivity index (χ2v) is 19.7. The van der Waals surface area contributed by atoms with E-state index < -0.39 is 64.2 Å². The largest absolute Gasteiger partial charge is 0.363 e. The van der Waals surface area contributed by atoms with Gasteiger partial charge in [-0.3, -0.25) is 28.7 Å². The molecule has 3 aliphatic carbocycles. The molecule has 4 aliphatic rings. The first-order valence-corrected chi connectivity index (χ1v) is 19.7. The predicted octanol–water partition coefficient (Wildman–Crippen LogP) is 3.39. The molecule has 2 spiro atoms. The lowest BCUT2D eigenvalue weighted by molar-refractivity contribution is -0.143. The lowest BCUT2D eigenvalue weighted by atomic mass is 9.73. The summed E-state index contributed by atoms with van der Waals surface area (Å²) in [7, 11) is 0. The minimum absolute atomic E-state index is 0.0142. The highest BCUT2D eigenvalue weighted by molar-refractivity contribution is 6.37. The van der Waals surface area contributed by atoms with Gasteiger partial charge in [-0.15, -0.1) is 0 Å². The summed E-state index contributed by atoms with van der Waals surface area (Å²) >= 11 is 0. The number of nitrogens with one attached hydrogen (secondary N) is 4. The van der Waals surface area contributed by atoms with Crippen molar-refractivity contribution in [2.24, 2.45) is 38.7 Å². The van der Waals surface area contributed by atoms with Crippen molar-refractivity contribution >= 4 is 35.4 Å². The van der Waals surface area contributed by atoms with Gasteiger partial charge < -0.3 is 31.9 Å². The van der Waals surface area contributed by atoms with Crippen molar-refractivity contribution in [2.45, 2.75) is 150 Å². The molecule has 1 aliphatic heterocycles. The van der Waals surface area contributed by atoms with Crippen LogP contribution in [0, 0.1) is 33.0 Å². The summed E-state index contributed by atoms with van der Waals surface area (Å²) in [6.07, 6.45) is 10.1. The first-order chi connectivity index (χ1) is 24.9. The Labute approximate surface area is 320 Å². The van der Waals surface area contributed by atoms with E-state index in [1.165, 1.54) is 0 Å². The van der Waals surface area contributed by atoms with Crippen LogP contribution in [-0.2, 0) is 29.5 Å². The first-order valence-electron chi connectivity index (χ1n) is 19.7. The Hall–Kier alpha value is -3.97. The molecule has 6 amide bonds. The number of hydrogen-bond donors (Lipinski definition) is 5. The number of aromatic nitrogens is 2. The van der Waals surface area contributed by atoms with Crippen molar-refractivity contribution in [3.05, 3.63) is 18.5 Å². The van der Waals surface area contributed by atoms with E-state index in [1.54, 1.807) is 41.9 Å². The first kappa shape index (κ1) is 41.2. The molecule has 2 heterocycles. The standard InChI is InChI=1S/C40H64N8O6/c1-35(2,3)27(22-42-33(53)37(7,8)48-19-13-18-43-48)45-34(54)46-29(36(4,5)6)32(52)47-23-40(38(9,10)39(40)16-12-17-39)21-26(47)31(51)44-25(28(49)30(41)50)20-24-14-11-15-24/h13,18-19,24-27,29H,11-12,14-17,20-23H2,1-10H3,(H2,41,50)(H,42,53)(H,44,51)(H2,45,46,54)/t25?,26-,27+,29+,40+/m0/s1. The van der Waals surface area contributed by atoms with Gasteiger partial charge in [0, 0.05) is 30.9 Å². The van der Waals surface area contributed by atoms with Crippen molar-refractivity contribution in [2.75, 3.05) is 13.1 Å². The molecule has 6 N–H and O–H groups in total. The molecule has 54 heavy (non-hydrogen) atoms. The molecule has 0 radical (unpaired) electrons. The number of likely N-dealkylation sites (tertiary alicyclic amines) is 1. The fourth-order valence-electron chi connectivity index (χ4n) is 9.63. The zero-order chi connectivity index (χ0) is 40.2. The van der Waals surface area contributed by atoms with Crippen LogP contribution < -0.4 is 27.0 Å². The maximum Gasteiger partial charge on any atom is 0.315 e. The number of carbonyl (C=O) groups excluding carboxylic acids is 6. The van der Waals surface area contributed by atoms with Crippen LogP contribution in [0.25, 0.3) is 0 Å². The van der Waals surface area contributed by atoms with E-state index in [0.29, 0.717) is 19.4 Å². The zero-order valence-corrected chi connectivity index (χ0v) is 34.1. The number of hydrogen-bond acceptors (Lipinski definition) is 7. The monoisotopic (exact) mass is 752 g/mol. The SMILES string of the molecule is CC(C)(C)[C@H](NC(=O)N[C@H](CNC(=O)C(C)(C)n1cccn1)C(C)(C)C)C(=O)N1C[C@]2(C[C@H]1C(=O)NC(CC1CCC1)C(=O)C(N)=O)C(C)(C)C21CCC1. The molecule has 0 aromatic carbocycles. The Bertz CT molecular complexity index is 1630. The van der Waals surface area contributed by atoms with Gasteiger partial charge in [0.15, 0.2) is 0 Å². The Morgan fingerprint density at radius 1 is 0.889 bits per heavy atom. The second-order valence-electron chi connectivity index (χ2n) is 19.7. The molecule has 1 saturated heterocycles. The fourth-order valence-corrected chi connectivity index (χ4v) is 9.63. The van der Waals surface area contributed by atoms with Crippen LogP contribution in [0.15, 0.2) is 18.5 Å². The van der Waals surface area contributed by atoms with E-state index >= 15 is 0 Å². The third-order valence-corrected chi connectivity index (χ3v) is 13.9. The van der Waals surface area contributed by atoms with Crippen molar-refractivity contribution in [3.8, 4) is 0 Å². The molecule has 4 fully saturated rings. The highest BCUT2D eigenvalue weighted by atomic mass is 16.2. The second kappa shape index (κ2) is 14.3. The molecule has 5 rings (SSSR count). The van der Waals surface area contributed by atoms with Crippen LogP contribution in [0.4, 0.5) is 4.79 Å². The van der Waals surface area contributed by atoms with Crippen molar-refractivity contribution in [3.63, 3.8) is 0 Å². The maximum atomic E-state index is 14.9. The van der Waals surface area contributed by atoms with Crippen LogP contribution in [-0.4, -0.2) is 87.4 Å². The van der Waals surface area contributed by atoms with Crippen LogP contribution >= 0.6 is 0 Å². The Morgan fingerprint density at radius 2 is 1.54 bits per heavy atom. The number of carbonyl (C=O) groups is 6. The minimum atomic E-state index is -1.09. The number of ketones is 1. The van der Waals surface area contributed by atoms with E-state index in [-0.39, 0.29) is 40.5 Å². The highest BCUT2D eigenvalue weighted by Crippen LogP contribution is 2.88. The number of rotatable bonds is 13. The van der Waals surface area contributed by atoms with Gasteiger partial charge in [0.2, 0.25) is 23.5 Å². The summed E-state index contributed by atoms with van der Waals surface area (Å²) in [6.45, 7) is 19.9. The van der Waals surface area contributed by atoms with Gasteiger partial charge >= 0.3 is 6.03 Å². The molecule has 1 aromatic rings. The quantitative estimate of drug-likeness (QED) is 0.190. The lowest BCUT2D eigenvalue weighted by Crippen LogP contribution is -2.62. The Kier molecular flexibility index (Phi) is 10.9. The molecule has 3 saturated carbocycles. The van der Waals surface area contributed by atoms with Crippen molar-refractivity contribution < 1.29 is 28.8 Å². The van der Waals surface area contributed by atoms with Crippen LogP contribution in [0.2, 0.25) is 0 Å². The zero-order valence-electron chi connectivity index (χ0n) is 34.1. The number of Topliss-reactive ketones (excluding diaryl/α,β-unsaturated/α-hetero) is 1. The van der Waals surface area contributed by atoms with E-state index in [2.05, 4.69) is 40.2 Å². The molecule has 1 unspecified atom stereocenters. The predicted molar refractivity (Wildman–Crippen MR) is 203 cm³/mol. The van der Waals surface area contributed by atoms with Gasteiger partial charge in [-0.05, 0) is 73.2 Å². The Balaban J connectivity index is 1.36. The maximum absolute atomic E-state index is 14.9. The molecule has 14 heteroatoms. The normalized spacial score (nSPS) is 24.8. The lowest BCUT2D eigenvalue weighted by Gasteiger charge is -2.37. The number of primary amides is 1. The van der Waals surface area contributed by atoms with Gasteiger partial charge in [-0.2, -0.15) is 5.10 Å². The van der Waals surface area contributed by atoms with E-state index in [9.17, 15) is 28.8 Å². The van der Waals surface area contributed by atoms with Crippen molar-refractivity contribution in [1.29, 1.82) is 0 Å². The highest BCUT2D eigenvalue weighted by Gasteiger charge is 2.85. The van der Waals surface area contributed by atoms with Gasteiger partial charge in [-0.1, -0.05) is 81.1 Å². The smallest absolute Gasteiger partial charge is 0.315 e. The summed E-state index contributed by atoms with van der Waals surface area (Å²) in [6, 6.07) is -2.31.